The summed E-state index contributed by atoms with van der Waals surface area (Å²) in [6, 6.07) is 7.70. The summed E-state index contributed by atoms with van der Waals surface area (Å²) in [6.45, 7) is 3.91. The van der Waals surface area contributed by atoms with Crippen molar-refractivity contribution < 1.29 is 9.53 Å². The van der Waals surface area contributed by atoms with Crippen LogP contribution in [0.15, 0.2) is 24.4 Å². The van der Waals surface area contributed by atoms with E-state index in [1.165, 1.54) is 7.11 Å². The first kappa shape index (κ1) is 13.1. The van der Waals surface area contributed by atoms with Gasteiger partial charge in [0.25, 0.3) is 0 Å². The summed E-state index contributed by atoms with van der Waals surface area (Å²) in [4.78, 5) is 16.1. The summed E-state index contributed by atoms with van der Waals surface area (Å²) < 4.78 is 6.51. The van der Waals surface area contributed by atoms with Crippen molar-refractivity contribution >= 4 is 11.5 Å². The van der Waals surface area contributed by atoms with Gasteiger partial charge in [-0.1, -0.05) is 19.9 Å². The third-order valence-electron chi connectivity index (χ3n) is 3.04. The van der Waals surface area contributed by atoms with E-state index in [0.29, 0.717) is 11.3 Å². The Morgan fingerprint density at radius 2 is 2.21 bits per heavy atom. The molecule has 0 aliphatic heterocycles. The van der Waals surface area contributed by atoms with E-state index >= 15 is 0 Å². The third-order valence-corrected chi connectivity index (χ3v) is 3.04. The van der Waals surface area contributed by atoms with E-state index in [-0.39, 0.29) is 17.5 Å². The summed E-state index contributed by atoms with van der Waals surface area (Å²) in [5, 5.41) is 9.29. The Morgan fingerprint density at radius 1 is 1.47 bits per heavy atom. The number of hydrogen-bond donors (Lipinski definition) is 0. The maximum absolute atomic E-state index is 11.7. The molecule has 0 saturated carbocycles. The van der Waals surface area contributed by atoms with Gasteiger partial charge >= 0.3 is 5.97 Å². The zero-order chi connectivity index (χ0) is 14.0. The Morgan fingerprint density at radius 3 is 2.79 bits per heavy atom. The third kappa shape index (κ3) is 2.17. The first-order valence-corrected chi connectivity index (χ1v) is 6.05. The van der Waals surface area contributed by atoms with Gasteiger partial charge in [0.05, 0.1) is 18.7 Å². The molecule has 0 N–H and O–H groups in total. The molecular weight excluding hydrogens is 242 g/mol. The van der Waals surface area contributed by atoms with Crippen molar-refractivity contribution in [1.82, 2.24) is 9.38 Å². The fourth-order valence-corrected chi connectivity index (χ4v) is 2.03. The zero-order valence-corrected chi connectivity index (χ0v) is 11.1. The van der Waals surface area contributed by atoms with E-state index in [4.69, 9.17) is 4.74 Å². The predicted molar refractivity (Wildman–Crippen MR) is 69.7 cm³/mol. The standard InChI is InChI=1S/C14H15N3O2/c1-9(2)10(8-15)13-16-12(14(18)19-3)11-6-4-5-7-17(11)13/h4-7,9-10H,1-3H3. The Kier molecular flexibility index (Phi) is 3.52. The van der Waals surface area contributed by atoms with Crippen LogP contribution in [-0.2, 0) is 4.74 Å². The fourth-order valence-electron chi connectivity index (χ4n) is 2.03. The van der Waals surface area contributed by atoms with Gasteiger partial charge in [0.2, 0.25) is 0 Å². The average molecular weight is 257 g/mol. The fraction of sp³-hybridized carbons (Fsp3) is 0.357. The molecule has 1 atom stereocenters. The number of ether oxygens (including phenoxy) is 1. The molecule has 0 aliphatic carbocycles. The number of esters is 1. The molecule has 0 aromatic carbocycles. The van der Waals surface area contributed by atoms with Crippen LogP contribution in [0, 0.1) is 17.2 Å². The Hall–Kier alpha value is -2.35. The van der Waals surface area contributed by atoms with Crippen LogP contribution in [0.3, 0.4) is 0 Å². The van der Waals surface area contributed by atoms with E-state index in [1.54, 1.807) is 16.7 Å². The molecule has 0 saturated heterocycles. The van der Waals surface area contributed by atoms with Crippen LogP contribution < -0.4 is 0 Å². The van der Waals surface area contributed by atoms with E-state index in [9.17, 15) is 10.1 Å². The van der Waals surface area contributed by atoms with Crippen molar-refractivity contribution in [2.24, 2.45) is 5.92 Å². The van der Waals surface area contributed by atoms with E-state index < -0.39 is 5.97 Å². The Labute approximate surface area is 111 Å². The highest BCUT2D eigenvalue weighted by Gasteiger charge is 2.25. The molecule has 98 valence electrons. The number of rotatable bonds is 3. The number of fused-ring (bicyclic) bond motifs is 1. The first-order chi connectivity index (χ1) is 9.10. The van der Waals surface area contributed by atoms with Crippen molar-refractivity contribution in [3.05, 3.63) is 35.9 Å². The van der Waals surface area contributed by atoms with Crippen molar-refractivity contribution in [1.29, 1.82) is 5.26 Å². The number of carbonyl (C=O) groups is 1. The Balaban J connectivity index is 2.69. The van der Waals surface area contributed by atoms with Gasteiger partial charge in [0, 0.05) is 6.20 Å². The van der Waals surface area contributed by atoms with Crippen LogP contribution in [0.2, 0.25) is 0 Å². The molecule has 2 aromatic heterocycles. The molecule has 0 radical (unpaired) electrons. The molecule has 0 spiro atoms. The van der Waals surface area contributed by atoms with Crippen LogP contribution >= 0.6 is 0 Å². The lowest BCUT2D eigenvalue weighted by atomic mass is 9.97. The number of nitriles is 1. The van der Waals surface area contributed by atoms with Gasteiger partial charge in [-0.3, -0.25) is 0 Å². The summed E-state index contributed by atoms with van der Waals surface area (Å²) >= 11 is 0. The van der Waals surface area contributed by atoms with Gasteiger partial charge in [-0.25, -0.2) is 9.78 Å². The lowest BCUT2D eigenvalue weighted by Gasteiger charge is -2.11. The van der Waals surface area contributed by atoms with Crippen LogP contribution in [0.1, 0.15) is 36.1 Å². The van der Waals surface area contributed by atoms with Gasteiger partial charge in [-0.15, -0.1) is 0 Å². The molecular formula is C14H15N3O2. The first-order valence-electron chi connectivity index (χ1n) is 6.05. The second-order valence-corrected chi connectivity index (χ2v) is 4.62. The van der Waals surface area contributed by atoms with E-state index in [2.05, 4.69) is 11.1 Å². The molecule has 0 fully saturated rings. The minimum Gasteiger partial charge on any atom is -0.464 e. The van der Waals surface area contributed by atoms with Crippen molar-refractivity contribution in [3.8, 4) is 6.07 Å². The topological polar surface area (TPSA) is 67.4 Å². The number of nitrogens with zero attached hydrogens (tertiary/aromatic N) is 3. The molecule has 2 heterocycles. The molecule has 2 aromatic rings. The second kappa shape index (κ2) is 5.11. The Bertz CT molecular complexity index is 652. The lowest BCUT2D eigenvalue weighted by Crippen LogP contribution is -2.09. The number of carbonyl (C=O) groups excluding carboxylic acids is 1. The number of imidazole rings is 1. The van der Waals surface area contributed by atoms with Crippen LogP contribution in [0.4, 0.5) is 0 Å². The van der Waals surface area contributed by atoms with Crippen LogP contribution in [-0.4, -0.2) is 22.5 Å². The summed E-state index contributed by atoms with van der Waals surface area (Å²) in [7, 11) is 1.32. The summed E-state index contributed by atoms with van der Waals surface area (Å²) in [5.41, 5.74) is 0.907. The highest BCUT2D eigenvalue weighted by Crippen LogP contribution is 2.25. The number of pyridine rings is 1. The highest BCUT2D eigenvalue weighted by atomic mass is 16.5. The van der Waals surface area contributed by atoms with Crippen molar-refractivity contribution in [2.75, 3.05) is 7.11 Å². The highest BCUT2D eigenvalue weighted by molar-refractivity contribution is 5.95. The smallest absolute Gasteiger partial charge is 0.358 e. The maximum Gasteiger partial charge on any atom is 0.358 e. The largest absolute Gasteiger partial charge is 0.464 e. The van der Waals surface area contributed by atoms with Crippen LogP contribution in [0.5, 0.6) is 0 Å². The van der Waals surface area contributed by atoms with Gasteiger partial charge in [-0.05, 0) is 18.1 Å². The monoisotopic (exact) mass is 257 g/mol. The van der Waals surface area contributed by atoms with E-state index in [1.807, 2.05) is 26.0 Å². The lowest BCUT2D eigenvalue weighted by molar-refractivity contribution is 0.0596. The normalized spacial score (nSPS) is 12.4. The summed E-state index contributed by atoms with van der Waals surface area (Å²) in [6.07, 6.45) is 1.80. The quantitative estimate of drug-likeness (QED) is 0.792. The molecule has 1 unspecified atom stereocenters. The predicted octanol–water partition coefficient (Wildman–Crippen LogP) is 2.38. The molecule has 5 nitrogen and oxygen atoms in total. The van der Waals surface area contributed by atoms with Crippen LogP contribution in [0.25, 0.3) is 5.52 Å². The molecule has 19 heavy (non-hydrogen) atoms. The van der Waals surface area contributed by atoms with Gasteiger partial charge in [-0.2, -0.15) is 5.26 Å². The van der Waals surface area contributed by atoms with Gasteiger partial charge < -0.3 is 9.14 Å². The molecule has 0 bridgehead atoms. The van der Waals surface area contributed by atoms with Gasteiger partial charge in [0.1, 0.15) is 11.7 Å². The van der Waals surface area contributed by atoms with E-state index in [0.717, 1.165) is 0 Å². The minimum atomic E-state index is -0.490. The maximum atomic E-state index is 11.7. The SMILES string of the molecule is COC(=O)c1nc(C(C#N)C(C)C)n2ccccc12. The molecule has 5 heteroatoms. The van der Waals surface area contributed by atoms with Gasteiger partial charge in [0.15, 0.2) is 5.69 Å². The van der Waals surface area contributed by atoms with Crippen molar-refractivity contribution in [2.45, 2.75) is 19.8 Å². The zero-order valence-electron chi connectivity index (χ0n) is 11.1. The average Bonchev–Trinajstić information content (AvgIpc) is 2.78. The number of methoxy groups -OCH3 is 1. The number of aromatic nitrogens is 2. The molecule has 2 rings (SSSR count). The second-order valence-electron chi connectivity index (χ2n) is 4.62. The molecule has 0 amide bonds. The summed E-state index contributed by atoms with van der Waals surface area (Å²) in [5.74, 6) is -0.168. The molecule has 0 aliphatic rings. The minimum absolute atomic E-state index is 0.112. The van der Waals surface area contributed by atoms with Crippen molar-refractivity contribution in [3.63, 3.8) is 0 Å². The number of hydrogen-bond acceptors (Lipinski definition) is 4.